The standard InChI is InChI=1S/C26H18FN5O5/c1-14-5-7-18-23(34)19(26-30-24(31-37-26)15-3-2-4-16(27)9-15)11-32(25(18)28-14)12-22(33)29-17-6-8-20-21(10-17)36-13-35-20/h2-11H,12-13H2,1H3,(H,29,33). The molecule has 0 saturated carbocycles. The third-order valence-electron chi connectivity index (χ3n) is 5.77. The number of nitrogens with zero attached hydrogens (tertiary/aromatic N) is 4. The lowest BCUT2D eigenvalue weighted by molar-refractivity contribution is -0.116. The summed E-state index contributed by atoms with van der Waals surface area (Å²) in [6.45, 7) is 1.76. The molecule has 1 aliphatic rings. The molecule has 0 spiro atoms. The lowest BCUT2D eigenvalue weighted by Gasteiger charge is -2.12. The molecular formula is C26H18FN5O5. The Morgan fingerprint density at radius 2 is 1.95 bits per heavy atom. The molecule has 0 saturated heterocycles. The topological polar surface area (TPSA) is 121 Å². The number of hydrogen-bond acceptors (Lipinski definition) is 8. The van der Waals surface area contributed by atoms with E-state index in [9.17, 15) is 14.0 Å². The Labute approximate surface area is 208 Å². The molecule has 10 nitrogen and oxygen atoms in total. The first-order chi connectivity index (χ1) is 17.9. The fourth-order valence-electron chi connectivity index (χ4n) is 4.04. The van der Waals surface area contributed by atoms with Crippen molar-refractivity contribution in [2.45, 2.75) is 13.5 Å². The predicted molar refractivity (Wildman–Crippen MR) is 131 cm³/mol. The Kier molecular flexibility index (Phi) is 5.37. The van der Waals surface area contributed by atoms with E-state index in [4.69, 9.17) is 14.0 Å². The maximum atomic E-state index is 13.7. The summed E-state index contributed by atoms with van der Waals surface area (Å²) in [6.07, 6.45) is 1.46. The number of ether oxygens (including phenoxy) is 2. The number of anilines is 1. The summed E-state index contributed by atoms with van der Waals surface area (Å²) in [7, 11) is 0. The van der Waals surface area contributed by atoms with Gasteiger partial charge >= 0.3 is 0 Å². The van der Waals surface area contributed by atoms with E-state index in [-0.39, 0.29) is 47.3 Å². The number of aromatic nitrogens is 4. The first-order valence-corrected chi connectivity index (χ1v) is 11.2. The van der Waals surface area contributed by atoms with Gasteiger partial charge in [-0.1, -0.05) is 17.3 Å². The van der Waals surface area contributed by atoms with Crippen molar-refractivity contribution in [3.8, 4) is 34.3 Å². The number of aryl methyl sites for hydroxylation is 1. The first kappa shape index (κ1) is 22.4. The van der Waals surface area contributed by atoms with Gasteiger partial charge in [-0.3, -0.25) is 9.59 Å². The molecule has 3 aromatic heterocycles. The number of nitrogens with one attached hydrogen (secondary N) is 1. The van der Waals surface area contributed by atoms with Crippen LogP contribution in [0.25, 0.3) is 33.9 Å². The van der Waals surface area contributed by atoms with E-state index in [0.717, 1.165) is 0 Å². The van der Waals surface area contributed by atoms with E-state index in [1.54, 1.807) is 47.9 Å². The van der Waals surface area contributed by atoms with Crippen molar-refractivity contribution in [1.29, 1.82) is 0 Å². The summed E-state index contributed by atoms with van der Waals surface area (Å²) >= 11 is 0. The van der Waals surface area contributed by atoms with Crippen LogP contribution in [0.1, 0.15) is 5.69 Å². The molecule has 5 aromatic rings. The number of benzene rings is 2. The summed E-state index contributed by atoms with van der Waals surface area (Å²) < 4.78 is 31.2. The lowest BCUT2D eigenvalue weighted by atomic mass is 10.1. The van der Waals surface area contributed by atoms with Crippen LogP contribution in [0.15, 0.2) is 70.1 Å². The zero-order valence-electron chi connectivity index (χ0n) is 19.4. The molecular weight excluding hydrogens is 481 g/mol. The minimum Gasteiger partial charge on any atom is -0.454 e. The van der Waals surface area contributed by atoms with Crippen LogP contribution in [-0.4, -0.2) is 32.4 Å². The quantitative estimate of drug-likeness (QED) is 0.386. The second-order valence-corrected chi connectivity index (χ2v) is 8.37. The molecule has 4 heterocycles. The zero-order chi connectivity index (χ0) is 25.5. The third kappa shape index (κ3) is 4.27. The maximum absolute atomic E-state index is 13.7. The number of rotatable bonds is 5. The summed E-state index contributed by atoms with van der Waals surface area (Å²) in [6, 6.07) is 14.1. The molecule has 2 aromatic carbocycles. The minimum atomic E-state index is -0.452. The van der Waals surface area contributed by atoms with Crippen molar-refractivity contribution >= 4 is 22.6 Å². The molecule has 6 rings (SSSR count). The fourth-order valence-corrected chi connectivity index (χ4v) is 4.04. The number of pyridine rings is 2. The van der Waals surface area contributed by atoms with Gasteiger partial charge in [-0.2, -0.15) is 4.98 Å². The van der Waals surface area contributed by atoms with Gasteiger partial charge in [0.25, 0.3) is 5.89 Å². The van der Waals surface area contributed by atoms with Gasteiger partial charge in [-0.25, -0.2) is 9.37 Å². The van der Waals surface area contributed by atoms with Gasteiger partial charge in [0.2, 0.25) is 24.0 Å². The Bertz CT molecular complexity index is 1750. The molecule has 0 bridgehead atoms. The van der Waals surface area contributed by atoms with Gasteiger partial charge in [-0.15, -0.1) is 0 Å². The SMILES string of the molecule is Cc1ccc2c(=O)c(-c3nc(-c4cccc(F)c4)no3)cn(CC(=O)Nc3ccc4c(c3)OCO4)c2n1. The maximum Gasteiger partial charge on any atom is 0.263 e. The molecule has 1 amide bonds. The largest absolute Gasteiger partial charge is 0.454 e. The molecule has 0 fully saturated rings. The smallest absolute Gasteiger partial charge is 0.263 e. The highest BCUT2D eigenvalue weighted by atomic mass is 19.1. The second-order valence-electron chi connectivity index (χ2n) is 8.37. The van der Waals surface area contributed by atoms with Crippen molar-refractivity contribution in [1.82, 2.24) is 19.7 Å². The monoisotopic (exact) mass is 499 g/mol. The van der Waals surface area contributed by atoms with Crippen LogP contribution in [0.2, 0.25) is 0 Å². The van der Waals surface area contributed by atoms with Crippen molar-refractivity contribution in [3.05, 3.63) is 82.5 Å². The minimum absolute atomic E-state index is 0.0586. The van der Waals surface area contributed by atoms with E-state index in [1.165, 1.54) is 24.4 Å². The van der Waals surface area contributed by atoms with Crippen LogP contribution in [0.4, 0.5) is 10.1 Å². The van der Waals surface area contributed by atoms with Crippen LogP contribution in [0.5, 0.6) is 11.5 Å². The molecule has 0 aliphatic carbocycles. The van der Waals surface area contributed by atoms with E-state index < -0.39 is 5.82 Å². The van der Waals surface area contributed by atoms with Crippen LogP contribution >= 0.6 is 0 Å². The molecule has 37 heavy (non-hydrogen) atoms. The van der Waals surface area contributed by atoms with Gasteiger partial charge in [0.05, 0.1) is 5.39 Å². The number of halogens is 1. The van der Waals surface area contributed by atoms with Gasteiger partial charge in [0.15, 0.2) is 11.5 Å². The summed E-state index contributed by atoms with van der Waals surface area (Å²) in [5, 5.41) is 6.99. The molecule has 11 heteroatoms. The summed E-state index contributed by atoms with van der Waals surface area (Å²) in [4.78, 5) is 35.1. The van der Waals surface area contributed by atoms with Crippen LogP contribution in [-0.2, 0) is 11.3 Å². The van der Waals surface area contributed by atoms with Crippen molar-refractivity contribution < 1.29 is 23.2 Å². The van der Waals surface area contributed by atoms with Crippen molar-refractivity contribution in [3.63, 3.8) is 0 Å². The predicted octanol–water partition coefficient (Wildman–Crippen LogP) is 3.93. The van der Waals surface area contributed by atoms with E-state index in [2.05, 4.69) is 20.4 Å². The van der Waals surface area contributed by atoms with Gasteiger partial charge in [0.1, 0.15) is 23.6 Å². The molecule has 1 N–H and O–H groups in total. The van der Waals surface area contributed by atoms with Gasteiger partial charge in [0, 0.05) is 29.2 Å². The van der Waals surface area contributed by atoms with E-state index in [0.29, 0.717) is 34.1 Å². The van der Waals surface area contributed by atoms with Crippen LogP contribution < -0.4 is 20.2 Å². The molecule has 0 unspecified atom stereocenters. The average molecular weight is 499 g/mol. The number of amides is 1. The Hall–Kier alpha value is -5.06. The fraction of sp³-hybridized carbons (Fsp3) is 0.115. The molecule has 0 atom stereocenters. The van der Waals surface area contributed by atoms with Gasteiger partial charge < -0.3 is 23.9 Å². The van der Waals surface area contributed by atoms with Crippen LogP contribution in [0, 0.1) is 12.7 Å². The number of carbonyl (C=O) groups is 1. The highest BCUT2D eigenvalue weighted by Crippen LogP contribution is 2.34. The van der Waals surface area contributed by atoms with Crippen molar-refractivity contribution in [2.24, 2.45) is 0 Å². The van der Waals surface area contributed by atoms with E-state index >= 15 is 0 Å². The molecule has 184 valence electrons. The summed E-state index contributed by atoms with van der Waals surface area (Å²) in [5.74, 6) is 0.401. The van der Waals surface area contributed by atoms with Gasteiger partial charge in [-0.05, 0) is 43.3 Å². The number of hydrogen-bond donors (Lipinski definition) is 1. The summed E-state index contributed by atoms with van der Waals surface area (Å²) in [5.41, 5.74) is 1.64. The second kappa shape index (κ2) is 8.86. The highest BCUT2D eigenvalue weighted by Gasteiger charge is 2.20. The molecule has 0 radical (unpaired) electrons. The Balaban J connectivity index is 1.37. The highest BCUT2D eigenvalue weighted by molar-refractivity contribution is 5.92. The van der Waals surface area contributed by atoms with Crippen molar-refractivity contribution in [2.75, 3.05) is 12.1 Å². The van der Waals surface area contributed by atoms with E-state index in [1.807, 2.05) is 0 Å². The third-order valence-corrected chi connectivity index (χ3v) is 5.77. The first-order valence-electron chi connectivity index (χ1n) is 11.2. The Morgan fingerprint density at radius 1 is 1.08 bits per heavy atom. The Morgan fingerprint density at radius 3 is 2.81 bits per heavy atom. The zero-order valence-corrected chi connectivity index (χ0v) is 19.4. The average Bonchev–Trinajstić information content (AvgIpc) is 3.55. The normalized spacial score (nSPS) is 12.2. The number of carbonyl (C=O) groups excluding carboxylic acids is 1. The number of fused-ring (bicyclic) bond motifs is 2. The van der Waals surface area contributed by atoms with Crippen LogP contribution in [0.3, 0.4) is 0 Å². The lowest BCUT2D eigenvalue weighted by Crippen LogP contribution is -2.22. The molecule has 1 aliphatic heterocycles.